The van der Waals surface area contributed by atoms with Gasteiger partial charge in [0, 0.05) is 29.8 Å². The molecule has 2 N–H and O–H groups in total. The van der Waals surface area contributed by atoms with Gasteiger partial charge in [-0.05, 0) is 25.8 Å². The zero-order valence-electron chi connectivity index (χ0n) is 10.6. The van der Waals surface area contributed by atoms with Crippen molar-refractivity contribution in [1.82, 2.24) is 9.78 Å². The van der Waals surface area contributed by atoms with Crippen LogP contribution < -0.4 is 5.73 Å². The molecule has 0 saturated heterocycles. The molecule has 0 amide bonds. The molecular formula is C12H23N3S. The Kier molecular flexibility index (Phi) is 5.91. The third-order valence-electron chi connectivity index (χ3n) is 2.68. The molecule has 1 rings (SSSR count). The van der Waals surface area contributed by atoms with E-state index in [1.807, 2.05) is 11.8 Å². The summed E-state index contributed by atoms with van der Waals surface area (Å²) in [5.74, 6) is 2.06. The minimum Gasteiger partial charge on any atom is -0.327 e. The summed E-state index contributed by atoms with van der Waals surface area (Å²) in [6.45, 7) is 7.37. The summed E-state index contributed by atoms with van der Waals surface area (Å²) >= 11 is 1.91. The van der Waals surface area contributed by atoms with Gasteiger partial charge in [-0.25, -0.2) is 0 Å². The Morgan fingerprint density at radius 2 is 2.19 bits per heavy atom. The lowest BCUT2D eigenvalue weighted by Crippen LogP contribution is -2.21. The molecule has 1 aromatic heterocycles. The third kappa shape index (κ3) is 3.83. The third-order valence-corrected chi connectivity index (χ3v) is 3.85. The van der Waals surface area contributed by atoms with Crippen molar-refractivity contribution < 1.29 is 0 Å². The fourth-order valence-electron chi connectivity index (χ4n) is 1.51. The average Bonchev–Trinajstić information content (AvgIpc) is 2.71. The smallest absolute Gasteiger partial charge is 0.0625 e. The van der Waals surface area contributed by atoms with E-state index in [9.17, 15) is 0 Å². The van der Waals surface area contributed by atoms with E-state index >= 15 is 0 Å². The Morgan fingerprint density at radius 3 is 2.75 bits per heavy atom. The highest BCUT2D eigenvalue weighted by molar-refractivity contribution is 7.98. The Hall–Kier alpha value is -0.480. The maximum atomic E-state index is 5.90. The number of nitrogens with two attached hydrogens (primary N) is 1. The first-order valence-electron chi connectivity index (χ1n) is 6.10. The van der Waals surface area contributed by atoms with Crippen molar-refractivity contribution in [3.05, 3.63) is 17.5 Å². The lowest BCUT2D eigenvalue weighted by atomic mass is 10.3. The minimum atomic E-state index is 0.327. The van der Waals surface area contributed by atoms with Gasteiger partial charge in [0.05, 0.1) is 5.69 Å². The van der Waals surface area contributed by atoms with Crippen molar-refractivity contribution in [2.75, 3.05) is 5.75 Å². The summed E-state index contributed by atoms with van der Waals surface area (Å²) in [4.78, 5) is 0. The van der Waals surface area contributed by atoms with E-state index in [0.717, 1.165) is 30.9 Å². The van der Waals surface area contributed by atoms with Crippen LogP contribution in [0.2, 0.25) is 0 Å². The van der Waals surface area contributed by atoms with Crippen LogP contribution in [0.4, 0.5) is 0 Å². The molecule has 0 spiro atoms. The Balaban J connectivity index is 2.49. The second-order valence-corrected chi connectivity index (χ2v) is 5.01. The standard InChI is InChI=1S/C12H23N3S/c1-4-10(13)8-16-9-12-7-11(5-2)14-15(12)6-3/h7,10H,4-6,8-9,13H2,1-3H3. The van der Waals surface area contributed by atoms with Gasteiger partial charge in [-0.15, -0.1) is 0 Å². The van der Waals surface area contributed by atoms with Crippen LogP contribution in [0.5, 0.6) is 0 Å². The summed E-state index contributed by atoms with van der Waals surface area (Å²) in [6, 6.07) is 2.54. The van der Waals surface area contributed by atoms with E-state index in [0.29, 0.717) is 6.04 Å². The van der Waals surface area contributed by atoms with Crippen LogP contribution in [0.1, 0.15) is 38.6 Å². The Morgan fingerprint density at radius 1 is 1.44 bits per heavy atom. The van der Waals surface area contributed by atoms with Crippen molar-refractivity contribution in [2.45, 2.75) is 52.0 Å². The van der Waals surface area contributed by atoms with Crippen LogP contribution in [0.3, 0.4) is 0 Å². The molecule has 1 heterocycles. The number of hydrogen-bond donors (Lipinski definition) is 1. The highest BCUT2D eigenvalue weighted by atomic mass is 32.2. The predicted molar refractivity (Wildman–Crippen MR) is 71.7 cm³/mol. The monoisotopic (exact) mass is 241 g/mol. The van der Waals surface area contributed by atoms with Gasteiger partial charge in [0.1, 0.15) is 0 Å². The van der Waals surface area contributed by atoms with Crippen LogP contribution in [0, 0.1) is 0 Å². The van der Waals surface area contributed by atoms with Crippen molar-refractivity contribution in [2.24, 2.45) is 5.73 Å². The fourth-order valence-corrected chi connectivity index (χ4v) is 2.61. The number of aryl methyl sites for hydroxylation is 2. The molecule has 92 valence electrons. The molecule has 3 nitrogen and oxygen atoms in total. The quantitative estimate of drug-likeness (QED) is 0.797. The van der Waals surface area contributed by atoms with Gasteiger partial charge < -0.3 is 5.73 Å². The lowest BCUT2D eigenvalue weighted by molar-refractivity contribution is 0.627. The number of thioether (sulfide) groups is 1. The summed E-state index contributed by atoms with van der Waals surface area (Å²) in [6.07, 6.45) is 2.07. The van der Waals surface area contributed by atoms with E-state index in [4.69, 9.17) is 5.73 Å². The Labute approximate surface area is 103 Å². The molecule has 0 aromatic carbocycles. The molecule has 1 aromatic rings. The molecule has 16 heavy (non-hydrogen) atoms. The van der Waals surface area contributed by atoms with Crippen molar-refractivity contribution >= 4 is 11.8 Å². The molecule has 0 bridgehead atoms. The molecule has 0 saturated carbocycles. The molecule has 0 fully saturated rings. The zero-order chi connectivity index (χ0) is 12.0. The molecule has 0 aliphatic heterocycles. The van der Waals surface area contributed by atoms with Gasteiger partial charge in [-0.2, -0.15) is 16.9 Å². The largest absolute Gasteiger partial charge is 0.327 e. The maximum absolute atomic E-state index is 5.90. The first kappa shape index (κ1) is 13.6. The van der Waals surface area contributed by atoms with Crippen LogP contribution in [0.15, 0.2) is 6.07 Å². The van der Waals surface area contributed by atoms with Gasteiger partial charge in [-0.3, -0.25) is 4.68 Å². The van der Waals surface area contributed by atoms with Crippen LogP contribution in [-0.2, 0) is 18.7 Å². The second kappa shape index (κ2) is 6.97. The summed E-state index contributed by atoms with van der Waals surface area (Å²) in [5, 5.41) is 4.54. The van der Waals surface area contributed by atoms with E-state index in [2.05, 4.69) is 36.6 Å². The second-order valence-electron chi connectivity index (χ2n) is 3.98. The molecular weight excluding hydrogens is 218 g/mol. The molecule has 0 radical (unpaired) electrons. The average molecular weight is 241 g/mol. The molecule has 0 aliphatic rings. The first-order chi connectivity index (χ1) is 7.71. The molecule has 1 atom stereocenters. The predicted octanol–water partition coefficient (Wildman–Crippen LogP) is 2.44. The lowest BCUT2D eigenvalue weighted by Gasteiger charge is -2.08. The molecule has 4 heteroatoms. The van der Waals surface area contributed by atoms with E-state index in [1.54, 1.807) is 0 Å². The summed E-state index contributed by atoms with van der Waals surface area (Å²) in [5.41, 5.74) is 8.41. The summed E-state index contributed by atoms with van der Waals surface area (Å²) in [7, 11) is 0. The highest BCUT2D eigenvalue weighted by Gasteiger charge is 2.06. The SMILES string of the molecule is CCc1cc(CSCC(N)CC)n(CC)n1. The fraction of sp³-hybridized carbons (Fsp3) is 0.750. The highest BCUT2D eigenvalue weighted by Crippen LogP contribution is 2.15. The number of aromatic nitrogens is 2. The van der Waals surface area contributed by atoms with E-state index in [-0.39, 0.29) is 0 Å². The van der Waals surface area contributed by atoms with Gasteiger partial charge >= 0.3 is 0 Å². The van der Waals surface area contributed by atoms with Crippen LogP contribution in [-0.4, -0.2) is 21.6 Å². The topological polar surface area (TPSA) is 43.8 Å². The summed E-state index contributed by atoms with van der Waals surface area (Å²) < 4.78 is 2.10. The van der Waals surface area contributed by atoms with Crippen molar-refractivity contribution in [3.63, 3.8) is 0 Å². The normalized spacial score (nSPS) is 13.0. The van der Waals surface area contributed by atoms with Crippen molar-refractivity contribution in [3.8, 4) is 0 Å². The van der Waals surface area contributed by atoms with E-state index in [1.165, 1.54) is 11.4 Å². The maximum Gasteiger partial charge on any atom is 0.0625 e. The molecule has 1 unspecified atom stereocenters. The number of hydrogen-bond acceptors (Lipinski definition) is 3. The van der Waals surface area contributed by atoms with Crippen molar-refractivity contribution in [1.29, 1.82) is 0 Å². The zero-order valence-corrected chi connectivity index (χ0v) is 11.4. The number of rotatable bonds is 7. The van der Waals surface area contributed by atoms with Gasteiger partial charge in [0.2, 0.25) is 0 Å². The number of nitrogens with zero attached hydrogens (tertiary/aromatic N) is 2. The Bertz CT molecular complexity index is 309. The van der Waals surface area contributed by atoms with E-state index < -0.39 is 0 Å². The minimum absolute atomic E-state index is 0.327. The van der Waals surface area contributed by atoms with Gasteiger partial charge in [-0.1, -0.05) is 13.8 Å². The van der Waals surface area contributed by atoms with Crippen LogP contribution in [0.25, 0.3) is 0 Å². The van der Waals surface area contributed by atoms with Gasteiger partial charge in [0.25, 0.3) is 0 Å². The van der Waals surface area contributed by atoms with Gasteiger partial charge in [0.15, 0.2) is 0 Å². The van der Waals surface area contributed by atoms with Crippen LogP contribution >= 0.6 is 11.8 Å². The first-order valence-corrected chi connectivity index (χ1v) is 7.25. The molecule has 0 aliphatic carbocycles.